The van der Waals surface area contributed by atoms with Gasteiger partial charge in [-0.25, -0.2) is 13.1 Å². The first-order chi connectivity index (χ1) is 15.3. The molecule has 1 aromatic heterocycles. The van der Waals surface area contributed by atoms with Crippen LogP contribution in [-0.4, -0.2) is 46.4 Å². The Balaban J connectivity index is 1.53. The van der Waals surface area contributed by atoms with Crippen molar-refractivity contribution in [3.63, 3.8) is 0 Å². The Morgan fingerprint density at radius 1 is 1.12 bits per heavy atom. The van der Waals surface area contributed by atoms with Crippen LogP contribution in [0.15, 0.2) is 59.8 Å². The normalized spacial score (nSPS) is 14.4. The zero-order valence-electron chi connectivity index (χ0n) is 16.6. The molecule has 0 unspecified atom stereocenters. The molecule has 3 aromatic rings. The van der Waals surface area contributed by atoms with Gasteiger partial charge >= 0.3 is 0 Å². The van der Waals surface area contributed by atoms with E-state index < -0.39 is 20.9 Å². The molecule has 1 aliphatic heterocycles. The number of halogens is 1. The van der Waals surface area contributed by atoms with Gasteiger partial charge in [0.1, 0.15) is 4.90 Å². The van der Waals surface area contributed by atoms with E-state index in [1.807, 2.05) is 0 Å². The molecule has 10 nitrogen and oxygen atoms in total. The summed E-state index contributed by atoms with van der Waals surface area (Å²) in [6.07, 6.45) is 4.40. The van der Waals surface area contributed by atoms with Crippen LogP contribution in [0.3, 0.4) is 0 Å². The number of nitro groups is 1. The second-order valence-corrected chi connectivity index (χ2v) is 9.47. The smallest absolute Gasteiger partial charge is 0.269 e. The SMILES string of the molecule is O=C(Nc1ccc(Cl)c(S(=O)(=O)N2CCCC2)c1)c1cnn(-c2ccc([N+](=O)[O-])cc2)c1. The molecule has 0 bridgehead atoms. The Kier molecular flexibility index (Phi) is 5.96. The van der Waals surface area contributed by atoms with Gasteiger partial charge < -0.3 is 5.32 Å². The van der Waals surface area contributed by atoms with Crippen molar-refractivity contribution in [3.8, 4) is 5.69 Å². The van der Waals surface area contributed by atoms with Gasteiger partial charge in [0.05, 0.1) is 27.4 Å². The predicted octanol–water partition coefficient (Wildman–Crippen LogP) is 3.47. The lowest BCUT2D eigenvalue weighted by atomic mass is 10.2. The fourth-order valence-electron chi connectivity index (χ4n) is 3.36. The molecule has 1 fully saturated rings. The summed E-state index contributed by atoms with van der Waals surface area (Å²) in [6, 6.07) is 10.0. The molecule has 1 N–H and O–H groups in total. The molecule has 4 rings (SSSR count). The zero-order chi connectivity index (χ0) is 22.9. The molecular formula is C20H18ClN5O5S. The lowest BCUT2D eigenvalue weighted by Gasteiger charge is -2.17. The molecule has 1 saturated heterocycles. The minimum absolute atomic E-state index is 0.0544. The van der Waals surface area contributed by atoms with Gasteiger partial charge in [0.25, 0.3) is 11.6 Å². The number of nitrogens with one attached hydrogen (secondary N) is 1. The van der Waals surface area contributed by atoms with E-state index in [9.17, 15) is 23.3 Å². The zero-order valence-corrected chi connectivity index (χ0v) is 18.2. The molecular weight excluding hydrogens is 458 g/mol. The highest BCUT2D eigenvalue weighted by atomic mass is 35.5. The number of aromatic nitrogens is 2. The maximum absolute atomic E-state index is 12.9. The average molecular weight is 476 g/mol. The minimum atomic E-state index is -3.75. The predicted molar refractivity (Wildman–Crippen MR) is 118 cm³/mol. The van der Waals surface area contributed by atoms with E-state index in [0.717, 1.165) is 12.8 Å². The summed E-state index contributed by atoms with van der Waals surface area (Å²) in [5.41, 5.74) is 0.990. The van der Waals surface area contributed by atoms with E-state index in [1.165, 1.54) is 63.8 Å². The fourth-order valence-corrected chi connectivity index (χ4v) is 5.38. The van der Waals surface area contributed by atoms with Crippen LogP contribution in [0.5, 0.6) is 0 Å². The number of benzene rings is 2. The van der Waals surface area contributed by atoms with Gasteiger partial charge in [-0.15, -0.1) is 0 Å². The van der Waals surface area contributed by atoms with E-state index in [4.69, 9.17) is 11.6 Å². The maximum atomic E-state index is 12.9. The van der Waals surface area contributed by atoms with Crippen molar-refractivity contribution in [2.24, 2.45) is 0 Å². The minimum Gasteiger partial charge on any atom is -0.322 e. The second kappa shape index (κ2) is 8.69. The Hall–Kier alpha value is -3.28. The van der Waals surface area contributed by atoms with Crippen molar-refractivity contribution in [2.75, 3.05) is 18.4 Å². The third kappa shape index (κ3) is 4.35. The summed E-state index contributed by atoms with van der Waals surface area (Å²) in [5, 5.41) is 17.6. The van der Waals surface area contributed by atoms with Crippen molar-refractivity contribution in [3.05, 3.63) is 75.6 Å². The van der Waals surface area contributed by atoms with Crippen molar-refractivity contribution in [1.29, 1.82) is 0 Å². The summed E-state index contributed by atoms with van der Waals surface area (Å²) in [6.45, 7) is 0.883. The molecule has 0 radical (unpaired) electrons. The summed E-state index contributed by atoms with van der Waals surface area (Å²) in [4.78, 5) is 22.9. The molecule has 12 heteroatoms. The number of nitrogens with zero attached hydrogens (tertiary/aromatic N) is 4. The molecule has 166 valence electrons. The standard InChI is InChI=1S/C20H18ClN5O5S/c21-18-8-3-15(11-19(18)32(30,31)24-9-1-2-10-24)23-20(27)14-12-22-25(13-14)16-4-6-17(7-5-16)26(28)29/h3-8,11-13H,1-2,9-10H2,(H,23,27). The van der Waals surface area contributed by atoms with Crippen LogP contribution in [0.4, 0.5) is 11.4 Å². The number of nitro benzene ring substituents is 1. The van der Waals surface area contributed by atoms with Crippen LogP contribution < -0.4 is 5.32 Å². The highest BCUT2D eigenvalue weighted by Crippen LogP contribution is 2.30. The quantitative estimate of drug-likeness (QED) is 0.429. The molecule has 0 saturated carbocycles. The summed E-state index contributed by atoms with van der Waals surface area (Å²) in [7, 11) is -3.75. The highest BCUT2D eigenvalue weighted by molar-refractivity contribution is 7.89. The van der Waals surface area contributed by atoms with Crippen LogP contribution in [0.25, 0.3) is 5.69 Å². The number of non-ortho nitro benzene ring substituents is 1. The van der Waals surface area contributed by atoms with Crippen LogP contribution in [0.1, 0.15) is 23.2 Å². The van der Waals surface area contributed by atoms with Crippen molar-refractivity contribution < 1.29 is 18.1 Å². The Morgan fingerprint density at radius 3 is 2.47 bits per heavy atom. The van der Waals surface area contributed by atoms with Gasteiger partial charge in [-0.05, 0) is 43.2 Å². The first kappa shape index (κ1) is 21.9. The highest BCUT2D eigenvalue weighted by Gasteiger charge is 2.29. The van der Waals surface area contributed by atoms with E-state index in [1.54, 1.807) is 0 Å². The lowest BCUT2D eigenvalue weighted by Crippen LogP contribution is -2.28. The van der Waals surface area contributed by atoms with Gasteiger partial charge in [0.15, 0.2) is 0 Å². The molecule has 1 aliphatic rings. The van der Waals surface area contributed by atoms with Crippen molar-refractivity contribution in [1.82, 2.24) is 14.1 Å². The van der Waals surface area contributed by atoms with Gasteiger partial charge in [0, 0.05) is 37.1 Å². The molecule has 0 atom stereocenters. The number of hydrogen-bond donors (Lipinski definition) is 1. The Morgan fingerprint density at radius 2 is 1.81 bits per heavy atom. The van der Waals surface area contributed by atoms with Gasteiger partial charge in [-0.2, -0.15) is 9.40 Å². The summed E-state index contributed by atoms with van der Waals surface area (Å²) >= 11 is 6.14. The van der Waals surface area contributed by atoms with Crippen LogP contribution in [0, 0.1) is 10.1 Å². The molecule has 32 heavy (non-hydrogen) atoms. The fraction of sp³-hybridized carbons (Fsp3) is 0.200. The monoisotopic (exact) mass is 475 g/mol. The molecule has 1 amide bonds. The first-order valence-corrected chi connectivity index (χ1v) is 11.5. The van der Waals surface area contributed by atoms with Crippen molar-refractivity contribution >= 4 is 38.9 Å². The number of sulfonamides is 1. The van der Waals surface area contributed by atoms with E-state index in [0.29, 0.717) is 18.8 Å². The number of amides is 1. The lowest BCUT2D eigenvalue weighted by molar-refractivity contribution is -0.384. The van der Waals surface area contributed by atoms with E-state index in [-0.39, 0.29) is 26.9 Å². The average Bonchev–Trinajstić information content (AvgIpc) is 3.48. The second-order valence-electron chi connectivity index (χ2n) is 7.16. The first-order valence-electron chi connectivity index (χ1n) is 9.66. The van der Waals surface area contributed by atoms with E-state index >= 15 is 0 Å². The van der Waals surface area contributed by atoms with Crippen LogP contribution >= 0.6 is 11.6 Å². The number of rotatable bonds is 6. The van der Waals surface area contributed by atoms with Gasteiger partial charge in [-0.3, -0.25) is 14.9 Å². The van der Waals surface area contributed by atoms with Crippen molar-refractivity contribution in [2.45, 2.75) is 17.7 Å². The van der Waals surface area contributed by atoms with Gasteiger partial charge in [-0.1, -0.05) is 11.6 Å². The third-order valence-electron chi connectivity index (χ3n) is 5.04. The van der Waals surface area contributed by atoms with E-state index in [2.05, 4.69) is 10.4 Å². The largest absolute Gasteiger partial charge is 0.322 e. The molecule has 0 spiro atoms. The Labute approximate surface area is 188 Å². The number of carbonyl (C=O) groups is 1. The number of anilines is 1. The third-order valence-corrected chi connectivity index (χ3v) is 7.42. The number of hydrogen-bond acceptors (Lipinski definition) is 6. The molecule has 2 aromatic carbocycles. The topological polar surface area (TPSA) is 127 Å². The van der Waals surface area contributed by atoms with Crippen LogP contribution in [0.2, 0.25) is 5.02 Å². The maximum Gasteiger partial charge on any atom is 0.269 e. The number of carbonyl (C=O) groups excluding carboxylic acids is 1. The summed E-state index contributed by atoms with van der Waals surface area (Å²) < 4.78 is 28.5. The molecule has 0 aliphatic carbocycles. The van der Waals surface area contributed by atoms with Gasteiger partial charge in [0.2, 0.25) is 10.0 Å². The van der Waals surface area contributed by atoms with Crippen LogP contribution in [-0.2, 0) is 10.0 Å². The Bertz CT molecular complexity index is 1280. The summed E-state index contributed by atoms with van der Waals surface area (Å²) in [5.74, 6) is -0.495. The molecule has 2 heterocycles.